The van der Waals surface area contributed by atoms with Crippen molar-refractivity contribution in [1.82, 2.24) is 4.84 Å². The first-order valence-electron chi connectivity index (χ1n) is 1.70. The first-order valence-corrected chi connectivity index (χ1v) is 2.08. The molecule has 0 aromatic rings. The summed E-state index contributed by atoms with van der Waals surface area (Å²) in [5.74, 6) is -0.142. The molecule has 0 atom stereocenters. The molecule has 0 rings (SSSR count). The summed E-state index contributed by atoms with van der Waals surface area (Å²) in [5, 5.41) is 0. The maximum atomic E-state index is 9.94. The molecule has 0 spiro atoms. The highest BCUT2D eigenvalue weighted by atomic mass is 35.5. The summed E-state index contributed by atoms with van der Waals surface area (Å²) in [6, 6.07) is 0. The van der Waals surface area contributed by atoms with E-state index in [1.54, 1.807) is 6.92 Å². The van der Waals surface area contributed by atoms with Crippen LogP contribution in [0.5, 0.6) is 0 Å². The number of nitrogens with one attached hydrogen (secondary N) is 1. The number of hydrogen-bond donors (Lipinski definition) is 1. The van der Waals surface area contributed by atoms with E-state index in [1.165, 1.54) is 0 Å². The number of halogens is 1. The van der Waals surface area contributed by atoms with Crippen LogP contribution >= 0.6 is 11.8 Å². The summed E-state index contributed by atoms with van der Waals surface area (Å²) >= 11 is 4.85. The molecule has 36 valence electrons. The van der Waals surface area contributed by atoms with Gasteiger partial charge in [0.2, 0.25) is 5.91 Å². The van der Waals surface area contributed by atoms with E-state index >= 15 is 0 Å². The van der Waals surface area contributed by atoms with Crippen LogP contribution in [-0.4, -0.2) is 5.91 Å². The molecule has 0 fully saturated rings. The zero-order valence-corrected chi connectivity index (χ0v) is 4.25. The number of hydrogen-bond acceptors (Lipinski definition) is 1. The van der Waals surface area contributed by atoms with Gasteiger partial charge in [-0.1, -0.05) is 6.92 Å². The van der Waals surface area contributed by atoms with Crippen molar-refractivity contribution in [3.05, 3.63) is 0 Å². The van der Waals surface area contributed by atoms with Gasteiger partial charge in [-0.05, 0) is 0 Å². The molecule has 0 heterocycles. The molecule has 0 saturated heterocycles. The van der Waals surface area contributed by atoms with Crippen molar-refractivity contribution < 1.29 is 4.79 Å². The molecule has 0 aliphatic heterocycles. The number of carbonyl (C=O) groups excluding carboxylic acids is 1. The SMILES string of the molecule is CCC(=O)NCl. The van der Waals surface area contributed by atoms with Gasteiger partial charge < -0.3 is 0 Å². The molecule has 0 aromatic heterocycles. The van der Waals surface area contributed by atoms with Crippen molar-refractivity contribution in [2.45, 2.75) is 13.3 Å². The molecule has 0 aliphatic rings. The first kappa shape index (κ1) is 5.76. The van der Waals surface area contributed by atoms with E-state index < -0.39 is 0 Å². The van der Waals surface area contributed by atoms with Gasteiger partial charge in [0.1, 0.15) is 0 Å². The Kier molecular flexibility index (Phi) is 2.85. The Morgan fingerprint density at radius 2 is 2.50 bits per heavy atom. The predicted octanol–water partition coefficient (Wildman–Crippen LogP) is 0.666. The van der Waals surface area contributed by atoms with Crippen LogP contribution in [0.4, 0.5) is 0 Å². The monoisotopic (exact) mass is 107 g/mol. The second-order valence-corrected chi connectivity index (χ2v) is 1.06. The topological polar surface area (TPSA) is 29.1 Å². The third kappa shape index (κ3) is 2.03. The van der Waals surface area contributed by atoms with Crippen LogP contribution in [0.15, 0.2) is 0 Å². The minimum Gasteiger partial charge on any atom is -0.274 e. The maximum absolute atomic E-state index is 9.94. The molecule has 6 heavy (non-hydrogen) atoms. The van der Waals surface area contributed by atoms with E-state index in [0.717, 1.165) is 0 Å². The first-order chi connectivity index (χ1) is 2.81. The molecule has 2 nitrogen and oxygen atoms in total. The molecule has 1 amide bonds. The van der Waals surface area contributed by atoms with Crippen LogP contribution in [0.2, 0.25) is 0 Å². The number of rotatable bonds is 1. The summed E-state index contributed by atoms with van der Waals surface area (Å²) in [6.07, 6.45) is 0.448. The standard InChI is InChI=1S/C3H6ClNO/c1-2-3(6)5-4/h2H2,1H3,(H,5,6). The number of amides is 1. The Morgan fingerprint density at radius 3 is 2.50 bits per heavy atom. The van der Waals surface area contributed by atoms with Crippen LogP contribution < -0.4 is 4.84 Å². The van der Waals surface area contributed by atoms with E-state index in [2.05, 4.69) is 0 Å². The molecule has 3 heteroatoms. The molecule has 0 bridgehead atoms. The normalized spacial score (nSPS) is 7.67. The summed E-state index contributed by atoms with van der Waals surface area (Å²) in [7, 11) is 0. The Morgan fingerprint density at radius 1 is 2.00 bits per heavy atom. The fourth-order valence-electron chi connectivity index (χ4n) is 0.0668. The molecule has 0 radical (unpaired) electrons. The van der Waals surface area contributed by atoms with Gasteiger partial charge in [0.05, 0.1) is 0 Å². The van der Waals surface area contributed by atoms with E-state index in [4.69, 9.17) is 11.8 Å². The lowest BCUT2D eigenvalue weighted by molar-refractivity contribution is -0.119. The average molecular weight is 108 g/mol. The summed E-state index contributed by atoms with van der Waals surface area (Å²) < 4.78 is 0. The maximum Gasteiger partial charge on any atom is 0.234 e. The van der Waals surface area contributed by atoms with Crippen LogP contribution in [0.3, 0.4) is 0 Å². The predicted molar refractivity (Wildman–Crippen MR) is 24.3 cm³/mol. The third-order valence-corrected chi connectivity index (χ3v) is 0.637. The van der Waals surface area contributed by atoms with Gasteiger partial charge in [-0.3, -0.25) is 9.63 Å². The lowest BCUT2D eigenvalue weighted by Gasteiger charge is -1.83. The van der Waals surface area contributed by atoms with Crippen molar-refractivity contribution in [2.75, 3.05) is 0 Å². The Balaban J connectivity index is 2.99. The highest BCUT2D eigenvalue weighted by Gasteiger charge is 1.86. The molecule has 1 N–H and O–H groups in total. The van der Waals surface area contributed by atoms with Gasteiger partial charge in [-0.15, -0.1) is 0 Å². The summed E-state index contributed by atoms with van der Waals surface area (Å²) in [4.78, 5) is 11.9. The van der Waals surface area contributed by atoms with Gasteiger partial charge in [-0.2, -0.15) is 0 Å². The minimum atomic E-state index is -0.142. The lowest BCUT2D eigenvalue weighted by atomic mass is 10.5. The lowest BCUT2D eigenvalue weighted by Crippen LogP contribution is -2.08. The largest absolute Gasteiger partial charge is 0.274 e. The fraction of sp³-hybridized carbons (Fsp3) is 0.667. The highest BCUT2D eigenvalue weighted by Crippen LogP contribution is 1.73. The zero-order chi connectivity index (χ0) is 4.99. The second kappa shape index (κ2) is 2.97. The molecular weight excluding hydrogens is 101 g/mol. The van der Waals surface area contributed by atoms with Crippen molar-refractivity contribution >= 4 is 17.7 Å². The van der Waals surface area contributed by atoms with E-state index in [-0.39, 0.29) is 5.91 Å². The molecule has 0 aromatic carbocycles. The smallest absolute Gasteiger partial charge is 0.234 e. The highest BCUT2D eigenvalue weighted by molar-refractivity contribution is 6.21. The zero-order valence-electron chi connectivity index (χ0n) is 3.49. The quantitative estimate of drug-likeness (QED) is 0.490. The molecular formula is C3H6ClNO. The van der Waals surface area contributed by atoms with Crippen LogP contribution in [0.25, 0.3) is 0 Å². The summed E-state index contributed by atoms with van der Waals surface area (Å²) in [6.45, 7) is 1.73. The molecule has 0 unspecified atom stereocenters. The Hall–Kier alpha value is -0.240. The second-order valence-electron chi connectivity index (χ2n) is 0.871. The van der Waals surface area contributed by atoms with Crippen molar-refractivity contribution in [3.63, 3.8) is 0 Å². The van der Waals surface area contributed by atoms with Gasteiger partial charge in [0.25, 0.3) is 0 Å². The van der Waals surface area contributed by atoms with Gasteiger partial charge in [0.15, 0.2) is 0 Å². The summed E-state index contributed by atoms with van der Waals surface area (Å²) in [5.41, 5.74) is 0. The third-order valence-electron chi connectivity index (χ3n) is 0.427. The van der Waals surface area contributed by atoms with Crippen LogP contribution in [-0.2, 0) is 4.79 Å². The number of carbonyl (C=O) groups is 1. The van der Waals surface area contributed by atoms with Crippen LogP contribution in [0.1, 0.15) is 13.3 Å². The van der Waals surface area contributed by atoms with Gasteiger partial charge in [0, 0.05) is 18.2 Å². The molecule has 0 saturated carbocycles. The van der Waals surface area contributed by atoms with Crippen molar-refractivity contribution in [3.8, 4) is 0 Å². The van der Waals surface area contributed by atoms with Crippen molar-refractivity contribution in [1.29, 1.82) is 0 Å². The van der Waals surface area contributed by atoms with E-state index in [1.807, 2.05) is 4.84 Å². The Labute approximate surface area is 41.6 Å². The molecule has 0 aliphatic carbocycles. The minimum absolute atomic E-state index is 0.142. The van der Waals surface area contributed by atoms with E-state index in [9.17, 15) is 4.79 Å². The average Bonchev–Trinajstić information content (AvgIpc) is 1.65. The van der Waals surface area contributed by atoms with Gasteiger partial charge >= 0.3 is 0 Å². The van der Waals surface area contributed by atoms with E-state index in [0.29, 0.717) is 6.42 Å². The van der Waals surface area contributed by atoms with Crippen molar-refractivity contribution in [2.24, 2.45) is 0 Å². The Bertz CT molecular complexity index is 48.8. The fourth-order valence-corrected chi connectivity index (χ4v) is 0.200. The van der Waals surface area contributed by atoms with Crippen LogP contribution in [0, 0.1) is 0 Å². The van der Waals surface area contributed by atoms with Gasteiger partial charge in [-0.25, -0.2) is 0 Å².